The molecule has 2 aromatic rings. The van der Waals surface area contributed by atoms with Crippen LogP contribution in [0.1, 0.15) is 75.0 Å². The molecule has 1 saturated heterocycles. The lowest BCUT2D eigenvalue weighted by Crippen LogP contribution is -2.53. The van der Waals surface area contributed by atoms with Crippen LogP contribution in [0.2, 0.25) is 0 Å². The lowest BCUT2D eigenvalue weighted by atomic mass is 9.90. The number of carbonyl (C=O) groups is 4. The zero-order valence-electron chi connectivity index (χ0n) is 26.5. The van der Waals surface area contributed by atoms with Crippen molar-refractivity contribution in [2.75, 3.05) is 31.6 Å². The molecule has 3 N–H and O–H groups in total. The smallest absolute Gasteiger partial charge is 0.349 e. The molecule has 0 bridgehead atoms. The lowest BCUT2D eigenvalue weighted by Gasteiger charge is -2.33. The maximum atomic E-state index is 15.5. The Morgan fingerprint density at radius 2 is 1.68 bits per heavy atom. The van der Waals surface area contributed by atoms with E-state index in [0.29, 0.717) is 44.7 Å². The second-order valence-electron chi connectivity index (χ2n) is 12.1. The number of nitrogens with one attached hydrogen (secondary N) is 3. The largest absolute Gasteiger partial charge is 0.378 e. The molecule has 252 valence electrons. The predicted molar refractivity (Wildman–Crippen MR) is 167 cm³/mol. The van der Waals surface area contributed by atoms with E-state index in [9.17, 15) is 19.2 Å². The molecule has 1 aliphatic heterocycles. The van der Waals surface area contributed by atoms with Gasteiger partial charge in [0.1, 0.15) is 17.9 Å². The molecule has 3 atom stereocenters. The van der Waals surface area contributed by atoms with Gasteiger partial charge in [0, 0.05) is 31.5 Å². The third-order valence-corrected chi connectivity index (χ3v) is 8.80. The van der Waals surface area contributed by atoms with Gasteiger partial charge in [-0.1, -0.05) is 50.8 Å². The Bertz CT molecular complexity index is 1500. The molecule has 2 fully saturated rings. The summed E-state index contributed by atoms with van der Waals surface area (Å²) in [4.78, 5) is 53.4. The summed E-state index contributed by atoms with van der Waals surface area (Å²) in [6.07, 6.45) is 4.30. The molecule has 47 heavy (non-hydrogen) atoms. The van der Waals surface area contributed by atoms with Crippen molar-refractivity contribution in [3.63, 3.8) is 0 Å². The molecule has 2 aliphatic rings. The summed E-state index contributed by atoms with van der Waals surface area (Å²) in [5.74, 6) is -9.28. The molecule has 0 aromatic heterocycles. The number of morpholine rings is 1. The maximum Gasteiger partial charge on any atom is 0.349 e. The second kappa shape index (κ2) is 15.9. The van der Waals surface area contributed by atoms with E-state index < -0.39 is 58.9 Å². The number of rotatable bonds is 10. The highest BCUT2D eigenvalue weighted by atomic mass is 19.3. The van der Waals surface area contributed by atoms with Gasteiger partial charge in [0.2, 0.25) is 17.7 Å². The molecule has 0 unspecified atom stereocenters. The molecular weight excluding hydrogens is 615 g/mol. The van der Waals surface area contributed by atoms with Crippen LogP contribution >= 0.6 is 0 Å². The number of hydrogen-bond acceptors (Lipinski definition) is 6. The van der Waals surface area contributed by atoms with Gasteiger partial charge in [-0.3, -0.25) is 19.2 Å². The Balaban J connectivity index is 1.54. The van der Waals surface area contributed by atoms with E-state index in [2.05, 4.69) is 16.0 Å². The molecule has 4 amide bonds. The highest BCUT2D eigenvalue weighted by Gasteiger charge is 2.44. The maximum absolute atomic E-state index is 15.5. The van der Waals surface area contributed by atoms with E-state index in [0.717, 1.165) is 43.9 Å². The molecule has 0 radical (unpaired) electrons. The van der Waals surface area contributed by atoms with Crippen LogP contribution in [0.15, 0.2) is 42.5 Å². The number of benzene rings is 2. The van der Waals surface area contributed by atoms with Gasteiger partial charge in [0.25, 0.3) is 5.91 Å². The van der Waals surface area contributed by atoms with Gasteiger partial charge >= 0.3 is 5.92 Å². The summed E-state index contributed by atoms with van der Waals surface area (Å²) >= 11 is 0. The van der Waals surface area contributed by atoms with Crippen LogP contribution in [-0.4, -0.2) is 66.9 Å². The first-order valence-corrected chi connectivity index (χ1v) is 15.9. The minimum absolute atomic E-state index is 0.0462. The van der Waals surface area contributed by atoms with Crippen LogP contribution in [0.3, 0.4) is 0 Å². The summed E-state index contributed by atoms with van der Waals surface area (Å²) < 4.78 is 51.4. The van der Waals surface area contributed by atoms with Crippen molar-refractivity contribution < 1.29 is 37.1 Å². The molecule has 13 heteroatoms. The molecule has 10 nitrogen and oxygen atoms in total. The van der Waals surface area contributed by atoms with E-state index in [1.807, 2.05) is 0 Å². The van der Waals surface area contributed by atoms with Crippen molar-refractivity contribution in [1.29, 1.82) is 5.26 Å². The number of nitrogens with zero attached hydrogens (tertiary/aromatic N) is 2. The van der Waals surface area contributed by atoms with Crippen molar-refractivity contribution in [3.05, 3.63) is 65.0 Å². The van der Waals surface area contributed by atoms with E-state index >= 15 is 13.2 Å². The van der Waals surface area contributed by atoms with Crippen molar-refractivity contribution >= 4 is 29.3 Å². The van der Waals surface area contributed by atoms with Gasteiger partial charge in [-0.05, 0) is 48.6 Å². The molecule has 1 saturated carbocycles. The number of nitriles is 1. The molecule has 1 heterocycles. The SMILES string of the molecule is CC(=O)N[C@@H](C(=O)N1CCOCC1)[C@@H](C)c1ccc(NC(=O)[C@@H](NC(=O)C(F)(F)c2cccc(C#N)c2)C2CCCCCC2)c(F)c1. The van der Waals surface area contributed by atoms with E-state index in [1.165, 1.54) is 31.2 Å². The first-order valence-electron chi connectivity index (χ1n) is 15.9. The Labute approximate surface area is 272 Å². The first kappa shape index (κ1) is 35.4. The average molecular weight is 656 g/mol. The Morgan fingerprint density at radius 1 is 1.00 bits per heavy atom. The summed E-state index contributed by atoms with van der Waals surface area (Å²) in [6, 6.07) is 7.91. The number of amides is 4. The van der Waals surface area contributed by atoms with Crippen LogP contribution in [0, 0.1) is 23.1 Å². The molecule has 0 spiro atoms. The fraction of sp³-hybridized carbons (Fsp3) is 0.500. The lowest BCUT2D eigenvalue weighted by molar-refractivity contribution is -0.149. The summed E-state index contributed by atoms with van der Waals surface area (Å²) in [6.45, 7) is 4.41. The molecule has 2 aromatic carbocycles. The number of halogens is 3. The van der Waals surface area contributed by atoms with Gasteiger partial charge in [0.05, 0.1) is 30.5 Å². The quantitative estimate of drug-likeness (QED) is 0.325. The standard InChI is InChI=1S/C34H40F3N5O5/c1-21(29(39-22(2)43)32(45)42-14-16-47-17-15-42)25-12-13-28(27(35)19-25)40-31(44)30(24-9-5-3-4-6-10-24)41-33(46)34(36,37)26-11-7-8-23(18-26)20-38/h7-8,11-13,18-19,21,24,29-30H,3-6,9-10,14-17H2,1-2H3,(H,39,43)(H,40,44)(H,41,46)/t21-,29+,30-/m0/s1. The highest BCUT2D eigenvalue weighted by molar-refractivity contribution is 5.98. The van der Waals surface area contributed by atoms with E-state index in [1.54, 1.807) is 17.9 Å². The van der Waals surface area contributed by atoms with Crippen molar-refractivity contribution in [3.8, 4) is 6.07 Å². The molecule has 4 rings (SSSR count). The van der Waals surface area contributed by atoms with Gasteiger partial charge in [-0.15, -0.1) is 0 Å². The number of carbonyl (C=O) groups excluding carboxylic acids is 4. The van der Waals surface area contributed by atoms with Crippen molar-refractivity contribution in [2.45, 2.75) is 76.3 Å². The second-order valence-corrected chi connectivity index (χ2v) is 12.1. The normalized spacial score (nSPS) is 17.7. The summed E-state index contributed by atoms with van der Waals surface area (Å²) in [5, 5.41) is 16.5. The Hall–Kier alpha value is -4.44. The van der Waals surface area contributed by atoms with Gasteiger partial charge < -0.3 is 25.6 Å². The fourth-order valence-electron chi connectivity index (χ4n) is 6.11. The van der Waals surface area contributed by atoms with Crippen molar-refractivity contribution in [1.82, 2.24) is 15.5 Å². The van der Waals surface area contributed by atoms with Crippen LogP contribution in [-0.2, 0) is 29.8 Å². The summed E-state index contributed by atoms with van der Waals surface area (Å²) in [5.41, 5.74) is -0.582. The highest BCUT2D eigenvalue weighted by Crippen LogP contribution is 2.32. The number of ether oxygens (including phenoxy) is 1. The van der Waals surface area contributed by atoms with Crippen LogP contribution in [0.4, 0.5) is 18.9 Å². The number of hydrogen-bond donors (Lipinski definition) is 3. The fourth-order valence-corrected chi connectivity index (χ4v) is 6.11. The van der Waals surface area contributed by atoms with Crippen LogP contribution in [0.5, 0.6) is 0 Å². The van der Waals surface area contributed by atoms with Gasteiger partial charge in [0.15, 0.2) is 0 Å². The zero-order chi connectivity index (χ0) is 34.1. The molecule has 1 aliphatic carbocycles. The van der Waals surface area contributed by atoms with Crippen molar-refractivity contribution in [2.24, 2.45) is 5.92 Å². The number of alkyl halides is 2. The third-order valence-electron chi connectivity index (χ3n) is 8.80. The van der Waals surface area contributed by atoms with Crippen LogP contribution in [0.25, 0.3) is 0 Å². The topological polar surface area (TPSA) is 141 Å². The first-order chi connectivity index (χ1) is 22.4. The number of anilines is 1. The molecular formula is C34H40F3N5O5. The predicted octanol–water partition coefficient (Wildman–Crippen LogP) is 4.35. The van der Waals surface area contributed by atoms with E-state index in [-0.39, 0.29) is 17.2 Å². The van der Waals surface area contributed by atoms with E-state index in [4.69, 9.17) is 10.00 Å². The average Bonchev–Trinajstić information content (AvgIpc) is 3.36. The third kappa shape index (κ3) is 8.88. The zero-order valence-corrected chi connectivity index (χ0v) is 26.5. The van der Waals surface area contributed by atoms with Gasteiger partial charge in [-0.25, -0.2) is 4.39 Å². The minimum Gasteiger partial charge on any atom is -0.378 e. The summed E-state index contributed by atoms with van der Waals surface area (Å²) in [7, 11) is 0. The Morgan fingerprint density at radius 3 is 2.30 bits per heavy atom. The monoisotopic (exact) mass is 655 g/mol. The minimum atomic E-state index is -4.04. The Kier molecular flexibility index (Phi) is 12.0. The van der Waals surface area contributed by atoms with Crippen LogP contribution < -0.4 is 16.0 Å². The van der Waals surface area contributed by atoms with Gasteiger partial charge in [-0.2, -0.15) is 14.0 Å².